The van der Waals surface area contributed by atoms with Crippen LogP contribution in [0.1, 0.15) is 34.1 Å². The molecule has 3 aromatic rings. The van der Waals surface area contributed by atoms with E-state index in [9.17, 15) is 9.90 Å². The Morgan fingerprint density at radius 3 is 2.59 bits per heavy atom. The molecule has 0 aliphatic carbocycles. The molecule has 0 spiro atoms. The van der Waals surface area contributed by atoms with Gasteiger partial charge in [0.2, 0.25) is 0 Å². The fourth-order valence-electron chi connectivity index (χ4n) is 2.83. The number of fused-ring (bicyclic) bond motifs is 2. The number of hydrogen-bond acceptors (Lipinski definition) is 6. The molecule has 0 aliphatic rings. The largest absolute Gasteiger partial charge is 0.489 e. The molecule has 0 radical (unpaired) electrons. The van der Waals surface area contributed by atoms with E-state index in [1.54, 1.807) is 38.3 Å². The van der Waals surface area contributed by atoms with E-state index in [2.05, 4.69) is 13.8 Å². The molecule has 1 aromatic carbocycles. The maximum Gasteiger partial charge on any atom is 0.336 e. The summed E-state index contributed by atoms with van der Waals surface area (Å²) < 4.78 is 22.7. The van der Waals surface area contributed by atoms with Crippen molar-refractivity contribution < 1.29 is 23.4 Å². The number of hydrogen-bond donors (Lipinski definition) is 1. The molecule has 146 valence electrons. The van der Waals surface area contributed by atoms with Gasteiger partial charge in [0, 0.05) is 18.7 Å². The standard InChI is InChI=1S/C21H26O6/c1-13(2)7-9-25-18(21(3,4)23)12-26-20-14-5-6-19(22)27-17(14)11-16-15(20)8-10-24-16/h5-6,8,10-11,13,18,23H,7,9,12H2,1-4H3/t18-/m1/s1. The van der Waals surface area contributed by atoms with Gasteiger partial charge in [-0.05, 0) is 38.3 Å². The van der Waals surface area contributed by atoms with Gasteiger partial charge in [-0.3, -0.25) is 0 Å². The number of ether oxygens (including phenoxy) is 2. The zero-order valence-corrected chi connectivity index (χ0v) is 16.2. The van der Waals surface area contributed by atoms with Crippen LogP contribution >= 0.6 is 0 Å². The summed E-state index contributed by atoms with van der Waals surface area (Å²) in [5, 5.41) is 11.9. The molecule has 1 atom stereocenters. The molecule has 0 saturated carbocycles. The molecule has 3 rings (SSSR count). The van der Waals surface area contributed by atoms with Crippen LogP contribution < -0.4 is 10.4 Å². The predicted octanol–water partition coefficient (Wildman–Crippen LogP) is 4.12. The van der Waals surface area contributed by atoms with Gasteiger partial charge in [0.05, 0.1) is 22.6 Å². The molecule has 0 aliphatic heterocycles. The van der Waals surface area contributed by atoms with Crippen molar-refractivity contribution in [2.45, 2.75) is 45.8 Å². The van der Waals surface area contributed by atoms with Crippen molar-refractivity contribution in [3.8, 4) is 5.75 Å². The third-order valence-electron chi connectivity index (χ3n) is 4.49. The lowest BCUT2D eigenvalue weighted by atomic mass is 10.0. The molecule has 0 fully saturated rings. The van der Waals surface area contributed by atoms with E-state index >= 15 is 0 Å². The summed E-state index contributed by atoms with van der Waals surface area (Å²) in [5.74, 6) is 1.06. The zero-order valence-electron chi connectivity index (χ0n) is 16.2. The Morgan fingerprint density at radius 2 is 1.89 bits per heavy atom. The van der Waals surface area contributed by atoms with Crippen LogP contribution in [0.4, 0.5) is 0 Å². The lowest BCUT2D eigenvalue weighted by Crippen LogP contribution is -2.42. The minimum Gasteiger partial charge on any atom is -0.489 e. The molecule has 1 N–H and O–H groups in total. The Hall–Kier alpha value is -2.31. The molecule has 0 amide bonds. The summed E-state index contributed by atoms with van der Waals surface area (Å²) in [6, 6.07) is 6.49. The first-order valence-electron chi connectivity index (χ1n) is 9.16. The fraction of sp³-hybridized carbons (Fsp3) is 0.476. The molecule has 2 heterocycles. The summed E-state index contributed by atoms with van der Waals surface area (Å²) in [4.78, 5) is 11.5. The van der Waals surface area contributed by atoms with E-state index in [1.165, 1.54) is 6.07 Å². The van der Waals surface area contributed by atoms with Crippen LogP contribution in [0.15, 0.2) is 44.2 Å². The van der Waals surface area contributed by atoms with Crippen molar-refractivity contribution in [1.29, 1.82) is 0 Å². The molecule has 0 bridgehead atoms. The van der Waals surface area contributed by atoms with Crippen molar-refractivity contribution in [2.24, 2.45) is 5.92 Å². The van der Waals surface area contributed by atoms with Crippen LogP contribution in [0.3, 0.4) is 0 Å². The third kappa shape index (κ3) is 4.51. The molecular weight excluding hydrogens is 348 g/mol. The van der Waals surface area contributed by atoms with Gasteiger partial charge in [-0.1, -0.05) is 13.8 Å². The lowest BCUT2D eigenvalue weighted by molar-refractivity contribution is -0.105. The summed E-state index contributed by atoms with van der Waals surface area (Å²) in [6.45, 7) is 8.34. The zero-order chi connectivity index (χ0) is 19.6. The van der Waals surface area contributed by atoms with Crippen molar-refractivity contribution in [1.82, 2.24) is 0 Å². The van der Waals surface area contributed by atoms with E-state index in [-0.39, 0.29) is 6.61 Å². The minimum atomic E-state index is -1.07. The summed E-state index contributed by atoms with van der Waals surface area (Å²) >= 11 is 0. The van der Waals surface area contributed by atoms with Gasteiger partial charge in [0.1, 0.15) is 29.6 Å². The van der Waals surface area contributed by atoms with Crippen molar-refractivity contribution in [3.63, 3.8) is 0 Å². The molecule has 0 saturated heterocycles. The summed E-state index contributed by atoms with van der Waals surface area (Å²) in [5.41, 5.74) is -0.553. The summed E-state index contributed by atoms with van der Waals surface area (Å²) in [6.07, 6.45) is 1.95. The Labute approximate surface area is 157 Å². The van der Waals surface area contributed by atoms with Gasteiger partial charge >= 0.3 is 5.63 Å². The lowest BCUT2D eigenvalue weighted by Gasteiger charge is -2.29. The highest BCUT2D eigenvalue weighted by atomic mass is 16.5. The second-order valence-corrected chi connectivity index (χ2v) is 7.71. The second-order valence-electron chi connectivity index (χ2n) is 7.71. The molecular formula is C21H26O6. The van der Waals surface area contributed by atoms with Crippen molar-refractivity contribution in [3.05, 3.63) is 40.9 Å². The van der Waals surface area contributed by atoms with E-state index in [0.29, 0.717) is 34.8 Å². The monoisotopic (exact) mass is 374 g/mol. The van der Waals surface area contributed by atoms with Gasteiger partial charge in [0.25, 0.3) is 0 Å². The first-order valence-corrected chi connectivity index (χ1v) is 9.16. The molecule has 27 heavy (non-hydrogen) atoms. The van der Waals surface area contributed by atoms with Crippen LogP contribution in [0.2, 0.25) is 0 Å². The highest BCUT2D eigenvalue weighted by Crippen LogP contribution is 2.35. The van der Waals surface area contributed by atoms with Gasteiger partial charge < -0.3 is 23.4 Å². The Balaban J connectivity index is 1.89. The van der Waals surface area contributed by atoms with E-state index in [1.807, 2.05) is 0 Å². The Bertz CT molecular complexity index is 960. The molecule has 6 heteroatoms. The first-order chi connectivity index (χ1) is 12.8. The normalized spacial score (nSPS) is 13.6. The average Bonchev–Trinajstić information content (AvgIpc) is 3.03. The number of rotatable bonds is 8. The van der Waals surface area contributed by atoms with Crippen LogP contribution in [-0.2, 0) is 4.74 Å². The third-order valence-corrected chi connectivity index (χ3v) is 4.49. The van der Waals surface area contributed by atoms with Gasteiger partial charge in [-0.2, -0.15) is 0 Å². The second kappa shape index (κ2) is 7.74. The Morgan fingerprint density at radius 1 is 1.15 bits per heavy atom. The minimum absolute atomic E-state index is 0.153. The number of benzene rings is 1. The number of aliphatic hydroxyl groups is 1. The number of furan rings is 1. The van der Waals surface area contributed by atoms with Crippen molar-refractivity contribution in [2.75, 3.05) is 13.2 Å². The van der Waals surface area contributed by atoms with Crippen LogP contribution in [0, 0.1) is 5.92 Å². The van der Waals surface area contributed by atoms with E-state index in [0.717, 1.165) is 11.8 Å². The summed E-state index contributed by atoms with van der Waals surface area (Å²) in [7, 11) is 0. The predicted molar refractivity (Wildman–Crippen MR) is 103 cm³/mol. The van der Waals surface area contributed by atoms with E-state index in [4.69, 9.17) is 18.3 Å². The SMILES string of the molecule is CC(C)CCO[C@H](COc1c2ccoc2cc2oc(=O)ccc12)C(C)(C)O. The van der Waals surface area contributed by atoms with Gasteiger partial charge in [-0.25, -0.2) is 4.79 Å². The maximum atomic E-state index is 11.5. The van der Waals surface area contributed by atoms with Gasteiger partial charge in [-0.15, -0.1) is 0 Å². The topological polar surface area (TPSA) is 82.0 Å². The van der Waals surface area contributed by atoms with Crippen molar-refractivity contribution >= 4 is 21.9 Å². The maximum absolute atomic E-state index is 11.5. The van der Waals surface area contributed by atoms with Crippen LogP contribution in [0.5, 0.6) is 5.75 Å². The molecule has 0 unspecified atom stereocenters. The van der Waals surface area contributed by atoms with Crippen LogP contribution in [0.25, 0.3) is 21.9 Å². The highest BCUT2D eigenvalue weighted by Gasteiger charge is 2.29. The van der Waals surface area contributed by atoms with Gasteiger partial charge in [0.15, 0.2) is 0 Å². The molecule has 2 aromatic heterocycles. The van der Waals surface area contributed by atoms with Crippen LogP contribution in [-0.4, -0.2) is 30.0 Å². The quantitative estimate of drug-likeness (QED) is 0.597. The van der Waals surface area contributed by atoms with E-state index < -0.39 is 17.3 Å². The smallest absolute Gasteiger partial charge is 0.336 e. The first kappa shape index (κ1) is 19.5. The Kier molecular flexibility index (Phi) is 5.58. The molecule has 6 nitrogen and oxygen atoms in total. The highest BCUT2D eigenvalue weighted by molar-refractivity contribution is 6.01. The fourth-order valence-corrected chi connectivity index (χ4v) is 2.83. The average molecular weight is 374 g/mol.